The van der Waals surface area contributed by atoms with Crippen molar-refractivity contribution in [1.29, 1.82) is 0 Å². The number of nitro benzene ring substituents is 1. The lowest BCUT2D eigenvalue weighted by Crippen LogP contribution is -2.26. The minimum absolute atomic E-state index is 0.0225. The van der Waals surface area contributed by atoms with Crippen LogP contribution in [0.2, 0.25) is 0 Å². The number of hydrogen-bond donors (Lipinski definition) is 2. The number of nitrogens with zero attached hydrogens (tertiary/aromatic N) is 5. The highest BCUT2D eigenvalue weighted by Gasteiger charge is 2.26. The first-order valence-electron chi connectivity index (χ1n) is 13.1. The van der Waals surface area contributed by atoms with Gasteiger partial charge in [0.25, 0.3) is 28.6 Å². The lowest BCUT2D eigenvalue weighted by Gasteiger charge is -2.10. The first-order valence-corrected chi connectivity index (χ1v) is 13.1. The number of carbonyl (C=O) groups excluding carboxylic acids is 2. The van der Waals surface area contributed by atoms with Gasteiger partial charge >= 0.3 is 0 Å². The molecule has 13 heteroatoms. The molecule has 43 heavy (non-hydrogen) atoms. The van der Waals surface area contributed by atoms with E-state index in [1.807, 2.05) is 6.07 Å². The number of non-ortho nitro benzene ring substituents is 1. The monoisotopic (exact) mass is 581 g/mol. The van der Waals surface area contributed by atoms with Gasteiger partial charge in [0.05, 0.1) is 38.8 Å². The summed E-state index contributed by atoms with van der Waals surface area (Å²) in [6, 6.07) is 20.8. The van der Waals surface area contributed by atoms with Gasteiger partial charge < -0.3 is 10.6 Å². The number of rotatable bonds is 7. The molecule has 0 unspecified atom stereocenters. The second-order valence-electron chi connectivity index (χ2n) is 9.77. The fraction of sp³-hybridized carbons (Fsp3) is 0.133. The van der Waals surface area contributed by atoms with Crippen LogP contribution in [0.3, 0.4) is 0 Å². The highest BCUT2D eigenvalue weighted by molar-refractivity contribution is 6.15. The molecule has 2 N–H and O–H groups in total. The molecule has 13 nitrogen and oxygen atoms in total. The maximum absolute atomic E-state index is 13.6. The van der Waals surface area contributed by atoms with Gasteiger partial charge in [-0.15, -0.1) is 0 Å². The molecule has 2 amide bonds. The highest BCUT2D eigenvalue weighted by atomic mass is 16.6. The van der Waals surface area contributed by atoms with Crippen molar-refractivity contribution in [2.45, 2.75) is 13.8 Å². The topological polar surface area (TPSA) is 155 Å². The molecule has 2 heterocycles. The molecule has 0 saturated carbocycles. The van der Waals surface area contributed by atoms with Gasteiger partial charge in [0.15, 0.2) is 0 Å². The van der Waals surface area contributed by atoms with E-state index in [1.165, 1.54) is 9.36 Å². The minimum atomic E-state index is -0.911. The molecule has 0 saturated heterocycles. The van der Waals surface area contributed by atoms with Crippen LogP contribution in [0.25, 0.3) is 11.4 Å². The van der Waals surface area contributed by atoms with Crippen LogP contribution in [0.4, 0.5) is 17.1 Å². The van der Waals surface area contributed by atoms with Crippen molar-refractivity contribution in [3.63, 3.8) is 0 Å². The molecule has 0 atom stereocenters. The first-order chi connectivity index (χ1) is 20.5. The Hall–Kier alpha value is -5.98. The fourth-order valence-corrected chi connectivity index (χ4v) is 4.82. The van der Waals surface area contributed by atoms with Crippen molar-refractivity contribution in [3.8, 4) is 11.4 Å². The number of hydrogen-bond acceptors (Lipinski definition) is 6. The summed E-state index contributed by atoms with van der Waals surface area (Å²) in [7, 11) is 3.31. The summed E-state index contributed by atoms with van der Waals surface area (Å²) < 4.78 is 5.88. The molecule has 0 aliphatic heterocycles. The van der Waals surface area contributed by atoms with E-state index in [0.717, 1.165) is 18.2 Å². The Labute approximate surface area is 244 Å². The zero-order valence-corrected chi connectivity index (χ0v) is 23.7. The van der Waals surface area contributed by atoms with Crippen LogP contribution in [0.15, 0.2) is 88.5 Å². The Morgan fingerprint density at radius 3 is 1.51 bits per heavy atom. The molecule has 0 aliphatic carbocycles. The third-order valence-electron chi connectivity index (χ3n) is 7.29. The van der Waals surface area contributed by atoms with Gasteiger partial charge in [-0.1, -0.05) is 36.4 Å². The normalized spacial score (nSPS) is 10.9. The Morgan fingerprint density at radius 1 is 0.674 bits per heavy atom. The molecule has 0 radical (unpaired) electrons. The maximum Gasteiger partial charge on any atom is 0.295 e. The van der Waals surface area contributed by atoms with Crippen LogP contribution in [0.1, 0.15) is 32.1 Å². The van der Waals surface area contributed by atoms with Crippen LogP contribution in [0, 0.1) is 24.0 Å². The summed E-state index contributed by atoms with van der Waals surface area (Å²) in [4.78, 5) is 64.6. The number of benzene rings is 3. The summed E-state index contributed by atoms with van der Waals surface area (Å²) >= 11 is 0. The van der Waals surface area contributed by atoms with Crippen molar-refractivity contribution >= 4 is 28.9 Å². The minimum Gasteiger partial charge on any atom is -0.316 e. The smallest absolute Gasteiger partial charge is 0.295 e. The second-order valence-corrected chi connectivity index (χ2v) is 9.77. The van der Waals surface area contributed by atoms with Crippen molar-refractivity contribution in [1.82, 2.24) is 18.7 Å². The largest absolute Gasteiger partial charge is 0.316 e. The van der Waals surface area contributed by atoms with E-state index in [2.05, 4.69) is 10.6 Å². The van der Waals surface area contributed by atoms with Crippen molar-refractivity contribution < 1.29 is 14.5 Å². The third kappa shape index (κ3) is 5.03. The summed E-state index contributed by atoms with van der Waals surface area (Å²) in [6.07, 6.45) is 0. The van der Waals surface area contributed by atoms with Crippen molar-refractivity contribution in [2.75, 3.05) is 10.6 Å². The van der Waals surface area contributed by atoms with Crippen LogP contribution < -0.4 is 21.8 Å². The van der Waals surface area contributed by atoms with E-state index in [9.17, 15) is 29.3 Å². The van der Waals surface area contributed by atoms with E-state index in [1.54, 1.807) is 91.9 Å². The summed E-state index contributed by atoms with van der Waals surface area (Å²) in [5.41, 5.74) is -0.129. The highest BCUT2D eigenvalue weighted by Crippen LogP contribution is 2.23. The zero-order valence-electron chi connectivity index (χ0n) is 23.7. The lowest BCUT2D eigenvalue weighted by atomic mass is 10.0. The van der Waals surface area contributed by atoms with Gasteiger partial charge in [0, 0.05) is 26.2 Å². The van der Waals surface area contributed by atoms with Gasteiger partial charge in [-0.25, -0.2) is 9.36 Å². The van der Waals surface area contributed by atoms with Gasteiger partial charge in [-0.2, -0.15) is 0 Å². The number of amides is 2. The lowest BCUT2D eigenvalue weighted by molar-refractivity contribution is -0.384. The van der Waals surface area contributed by atoms with Gasteiger partial charge in [-0.3, -0.25) is 38.7 Å². The second kappa shape index (κ2) is 11.1. The number of para-hydroxylation sites is 2. The molecule has 218 valence electrons. The number of anilines is 2. The van der Waals surface area contributed by atoms with Gasteiger partial charge in [-0.05, 0) is 44.2 Å². The molecule has 5 rings (SSSR count). The van der Waals surface area contributed by atoms with Gasteiger partial charge in [0.2, 0.25) is 0 Å². The predicted octanol–water partition coefficient (Wildman–Crippen LogP) is 3.70. The first kappa shape index (κ1) is 28.5. The van der Waals surface area contributed by atoms with E-state index in [-0.39, 0.29) is 22.5 Å². The average molecular weight is 582 g/mol. The van der Waals surface area contributed by atoms with Crippen LogP contribution in [0.5, 0.6) is 0 Å². The molecule has 3 aromatic carbocycles. The Kier molecular flexibility index (Phi) is 7.38. The van der Waals surface area contributed by atoms with Crippen LogP contribution >= 0.6 is 0 Å². The standard InChI is InChI=1S/C30H27N7O6/c1-18-25(29(40)35(33(18)3)20-11-7-5-8-12-20)31-27(38)23-16-15-22(37(42)43)17-24(23)28(39)32-26-19(2)34(4)36(30(26)41)21-13-9-6-10-14-21/h5-17H,1-4H3,(H,31,38)(H,32,39). The molecule has 0 spiro atoms. The summed E-state index contributed by atoms with van der Waals surface area (Å²) in [5.74, 6) is -1.75. The SMILES string of the molecule is Cc1c(NC(=O)c2ccc([N+](=O)[O-])cc2C(=O)Nc2c(C)n(C)n(-c3ccccc3)c2=O)c(=O)n(-c2ccccc2)n1C. The molecule has 0 aliphatic rings. The Bertz CT molecular complexity index is 2020. The van der Waals surface area contributed by atoms with E-state index < -0.39 is 33.5 Å². The average Bonchev–Trinajstić information content (AvgIpc) is 3.35. The van der Waals surface area contributed by atoms with E-state index >= 15 is 0 Å². The number of nitrogens with one attached hydrogen (secondary N) is 2. The van der Waals surface area contributed by atoms with Crippen molar-refractivity contribution in [2.24, 2.45) is 14.1 Å². The van der Waals surface area contributed by atoms with Crippen LogP contribution in [-0.2, 0) is 14.1 Å². The Morgan fingerprint density at radius 2 is 1.09 bits per heavy atom. The fourth-order valence-electron chi connectivity index (χ4n) is 4.82. The number of carbonyl (C=O) groups is 2. The third-order valence-corrected chi connectivity index (χ3v) is 7.29. The number of nitro groups is 1. The molecular weight excluding hydrogens is 554 g/mol. The predicted molar refractivity (Wildman–Crippen MR) is 160 cm³/mol. The quantitative estimate of drug-likeness (QED) is 0.221. The number of aromatic nitrogens is 4. The molecule has 0 fully saturated rings. The molecule has 5 aromatic rings. The van der Waals surface area contributed by atoms with Gasteiger partial charge in [0.1, 0.15) is 11.4 Å². The zero-order chi connectivity index (χ0) is 31.0. The maximum atomic E-state index is 13.6. The molecule has 2 aromatic heterocycles. The summed E-state index contributed by atoms with van der Waals surface area (Å²) in [5, 5.41) is 16.7. The van der Waals surface area contributed by atoms with E-state index in [4.69, 9.17) is 0 Å². The van der Waals surface area contributed by atoms with Crippen molar-refractivity contribution in [3.05, 3.63) is 132 Å². The van der Waals surface area contributed by atoms with Crippen LogP contribution in [-0.4, -0.2) is 35.5 Å². The Balaban J connectivity index is 1.53. The molecule has 0 bridgehead atoms. The summed E-state index contributed by atoms with van der Waals surface area (Å²) in [6.45, 7) is 3.28. The molecular formula is C30H27N7O6. The van der Waals surface area contributed by atoms with E-state index in [0.29, 0.717) is 22.8 Å².